The lowest BCUT2D eigenvalue weighted by Crippen LogP contribution is -2.51. The maximum Gasteiger partial charge on any atom is 0.414 e. The summed E-state index contributed by atoms with van der Waals surface area (Å²) in [5, 5.41) is 0. The van der Waals surface area contributed by atoms with E-state index in [-0.39, 0.29) is 18.8 Å². The van der Waals surface area contributed by atoms with E-state index in [1.807, 2.05) is 54.7 Å². The number of carbonyl (C=O) groups excluding carboxylic acids is 2. The molecule has 0 saturated carbocycles. The number of hydrogen-bond acceptors (Lipinski definition) is 6. The van der Waals surface area contributed by atoms with Crippen molar-refractivity contribution >= 4 is 12.2 Å². The Kier molecular flexibility index (Phi) is 19.0. The first-order valence-corrected chi connectivity index (χ1v) is 13.1. The largest absolute Gasteiger partial charge is 0.445 e. The van der Waals surface area contributed by atoms with E-state index in [0.717, 1.165) is 32.7 Å². The van der Waals surface area contributed by atoms with Crippen molar-refractivity contribution in [3.05, 3.63) is 25.1 Å². The van der Waals surface area contributed by atoms with Crippen molar-refractivity contribution in [3.8, 4) is 0 Å². The number of nitrogens with zero attached hydrogens (tertiary/aromatic N) is 4. The Labute approximate surface area is 215 Å². The fourth-order valence-electron chi connectivity index (χ4n) is 3.08. The molecule has 8 nitrogen and oxygen atoms in total. The second kappa shape index (κ2) is 19.0. The van der Waals surface area contributed by atoms with Crippen molar-refractivity contribution in [2.75, 3.05) is 45.9 Å². The highest BCUT2D eigenvalue weighted by Crippen LogP contribution is 2.13. The maximum absolute atomic E-state index is 11.8. The maximum atomic E-state index is 11.8. The summed E-state index contributed by atoms with van der Waals surface area (Å²) in [6, 6.07) is 1.02. The smallest absolute Gasteiger partial charge is 0.414 e. The molecule has 206 valence electrons. The molecule has 0 spiro atoms. The molecule has 0 aromatic carbocycles. The fraction of sp³-hybridized carbons (Fsp3) is 0.778. The van der Waals surface area contributed by atoms with E-state index in [9.17, 15) is 9.59 Å². The molecule has 2 amide bonds. The molecule has 0 radical (unpaired) electrons. The first-order valence-electron chi connectivity index (χ1n) is 13.1. The molecule has 0 N–H and O–H groups in total. The third-order valence-electron chi connectivity index (χ3n) is 4.96. The van der Waals surface area contributed by atoms with Crippen LogP contribution in [0.4, 0.5) is 9.59 Å². The summed E-state index contributed by atoms with van der Waals surface area (Å²) in [6.07, 6.45) is 4.75. The van der Waals surface area contributed by atoms with Crippen LogP contribution in [0.2, 0.25) is 0 Å². The van der Waals surface area contributed by atoms with Crippen molar-refractivity contribution in [1.29, 1.82) is 0 Å². The Hall–Kier alpha value is -2.22. The second-order valence-corrected chi connectivity index (χ2v) is 9.29. The standard InChI is InChI=1S/C12H24N2O2.C11H18N2O2.2C2H6/c1-10(2)13-6-8-14(9-7-13)11(15)16-12(3,4)5;1-4-9-15-11(14)13-7-5-12(6-8-13)10(2)3;2*1-2/h10H,6-9H2,1-5H3;4-5,7,10H,1,6,8-9H2,2-3H3;2*1-2H3. The van der Waals surface area contributed by atoms with Gasteiger partial charge in [-0.2, -0.15) is 0 Å². The van der Waals surface area contributed by atoms with Crippen molar-refractivity contribution in [2.45, 2.75) is 93.8 Å². The number of hydrogen-bond donors (Lipinski definition) is 0. The zero-order valence-electron chi connectivity index (χ0n) is 24.5. The SMILES string of the molecule is C=CCOC(=O)N1C=CN(C(C)C)CC1.CC.CC.CC(C)N1CCN(C(=O)OC(C)(C)C)CC1. The van der Waals surface area contributed by atoms with Crippen molar-refractivity contribution < 1.29 is 19.1 Å². The molecule has 2 rings (SSSR count). The number of carbonyl (C=O) groups is 2. The van der Waals surface area contributed by atoms with Gasteiger partial charge in [-0.05, 0) is 48.5 Å². The molecule has 35 heavy (non-hydrogen) atoms. The van der Waals surface area contributed by atoms with Gasteiger partial charge in [0, 0.05) is 63.8 Å². The monoisotopic (exact) mass is 498 g/mol. The molecule has 0 bridgehead atoms. The van der Waals surface area contributed by atoms with Crippen molar-refractivity contribution in [2.24, 2.45) is 0 Å². The van der Waals surface area contributed by atoms with Crippen LogP contribution in [0, 0.1) is 0 Å². The third kappa shape index (κ3) is 15.4. The second-order valence-electron chi connectivity index (χ2n) is 9.29. The van der Waals surface area contributed by atoms with Crippen LogP contribution in [-0.4, -0.2) is 95.3 Å². The van der Waals surface area contributed by atoms with Crippen LogP contribution in [0.5, 0.6) is 0 Å². The van der Waals surface area contributed by atoms with Crippen LogP contribution in [0.3, 0.4) is 0 Å². The summed E-state index contributed by atoms with van der Waals surface area (Å²) in [7, 11) is 0. The van der Waals surface area contributed by atoms with Crippen LogP contribution in [0.15, 0.2) is 25.1 Å². The summed E-state index contributed by atoms with van der Waals surface area (Å²) >= 11 is 0. The lowest BCUT2D eigenvalue weighted by Gasteiger charge is -2.37. The van der Waals surface area contributed by atoms with Gasteiger partial charge in [0.1, 0.15) is 12.2 Å². The summed E-state index contributed by atoms with van der Waals surface area (Å²) < 4.78 is 10.3. The number of amides is 2. The minimum absolute atomic E-state index is 0.184. The molecule has 1 saturated heterocycles. The third-order valence-corrected chi connectivity index (χ3v) is 4.96. The van der Waals surface area contributed by atoms with E-state index in [4.69, 9.17) is 9.47 Å². The van der Waals surface area contributed by atoms with E-state index < -0.39 is 5.60 Å². The molecule has 0 atom stereocenters. The van der Waals surface area contributed by atoms with E-state index in [2.05, 4.69) is 44.1 Å². The highest BCUT2D eigenvalue weighted by atomic mass is 16.6. The van der Waals surface area contributed by atoms with Gasteiger partial charge in [-0.1, -0.05) is 40.3 Å². The number of ether oxygens (including phenoxy) is 2. The van der Waals surface area contributed by atoms with Gasteiger partial charge in [0.15, 0.2) is 0 Å². The molecule has 0 unspecified atom stereocenters. The lowest BCUT2D eigenvalue weighted by molar-refractivity contribution is 0.0118. The summed E-state index contributed by atoms with van der Waals surface area (Å²) in [5.41, 5.74) is -0.397. The molecule has 0 aromatic heterocycles. The summed E-state index contributed by atoms with van der Waals surface area (Å²) in [6.45, 7) is 31.0. The molecular weight excluding hydrogens is 444 g/mol. The first kappa shape index (κ1) is 34.9. The van der Waals surface area contributed by atoms with Gasteiger partial charge in [-0.25, -0.2) is 9.59 Å². The Balaban J connectivity index is 0. The molecule has 0 aromatic rings. The predicted octanol–water partition coefficient (Wildman–Crippen LogP) is 5.81. The van der Waals surface area contributed by atoms with Crippen LogP contribution < -0.4 is 0 Å². The number of piperazine rings is 1. The van der Waals surface area contributed by atoms with Gasteiger partial charge < -0.3 is 19.3 Å². The van der Waals surface area contributed by atoms with Crippen LogP contribution >= 0.6 is 0 Å². The minimum atomic E-state index is -0.397. The molecule has 1 fully saturated rings. The van der Waals surface area contributed by atoms with E-state index in [1.165, 1.54) is 0 Å². The van der Waals surface area contributed by atoms with Crippen LogP contribution in [0.25, 0.3) is 0 Å². The molecule has 0 aliphatic carbocycles. The summed E-state index contributed by atoms with van der Waals surface area (Å²) in [4.78, 5) is 31.1. The Bertz CT molecular complexity index is 607. The Morgan fingerprint density at radius 2 is 1.40 bits per heavy atom. The average Bonchev–Trinajstić information content (AvgIpc) is 2.84. The van der Waals surface area contributed by atoms with E-state index in [0.29, 0.717) is 18.6 Å². The molecular formula is C27H54N4O4. The van der Waals surface area contributed by atoms with Crippen LogP contribution in [-0.2, 0) is 9.47 Å². The van der Waals surface area contributed by atoms with Gasteiger partial charge in [0.05, 0.1) is 0 Å². The Morgan fingerprint density at radius 3 is 1.77 bits per heavy atom. The van der Waals surface area contributed by atoms with Gasteiger partial charge in [0.2, 0.25) is 0 Å². The minimum Gasteiger partial charge on any atom is -0.445 e. The van der Waals surface area contributed by atoms with Gasteiger partial charge in [-0.3, -0.25) is 9.80 Å². The van der Waals surface area contributed by atoms with Crippen molar-refractivity contribution in [1.82, 2.24) is 19.6 Å². The zero-order chi connectivity index (χ0) is 27.6. The highest BCUT2D eigenvalue weighted by Gasteiger charge is 2.26. The average molecular weight is 499 g/mol. The highest BCUT2D eigenvalue weighted by molar-refractivity contribution is 5.69. The van der Waals surface area contributed by atoms with Gasteiger partial charge in [0.25, 0.3) is 0 Å². The summed E-state index contributed by atoms with van der Waals surface area (Å²) in [5.74, 6) is 0. The molecule has 2 aliphatic rings. The quantitative estimate of drug-likeness (QED) is 0.456. The predicted molar refractivity (Wildman–Crippen MR) is 146 cm³/mol. The van der Waals surface area contributed by atoms with Crippen molar-refractivity contribution in [3.63, 3.8) is 0 Å². The van der Waals surface area contributed by atoms with Crippen LogP contribution in [0.1, 0.15) is 76.2 Å². The molecule has 8 heteroatoms. The Morgan fingerprint density at radius 1 is 0.857 bits per heavy atom. The van der Waals surface area contributed by atoms with E-state index in [1.54, 1.807) is 22.1 Å². The van der Waals surface area contributed by atoms with Gasteiger partial charge >= 0.3 is 12.2 Å². The number of rotatable bonds is 4. The molecule has 2 aliphatic heterocycles. The van der Waals surface area contributed by atoms with E-state index >= 15 is 0 Å². The topological polar surface area (TPSA) is 65.6 Å². The molecule has 2 heterocycles. The van der Waals surface area contributed by atoms with Gasteiger partial charge in [-0.15, -0.1) is 0 Å². The lowest BCUT2D eigenvalue weighted by atomic mass is 10.2. The first-order chi connectivity index (χ1) is 16.4. The normalized spacial score (nSPS) is 15.7. The fourth-order valence-corrected chi connectivity index (χ4v) is 3.08. The zero-order valence-corrected chi connectivity index (χ0v) is 24.5.